The fourth-order valence-corrected chi connectivity index (χ4v) is 7.14. The van der Waals surface area contributed by atoms with Gasteiger partial charge in [0.15, 0.2) is 0 Å². The second kappa shape index (κ2) is 19.0. The quantitative estimate of drug-likeness (QED) is 0.194. The van der Waals surface area contributed by atoms with Gasteiger partial charge >= 0.3 is 6.09 Å². The van der Waals surface area contributed by atoms with Crippen LogP contribution in [0.4, 0.5) is 4.79 Å². The van der Waals surface area contributed by atoms with Crippen molar-refractivity contribution in [3.05, 3.63) is 59.7 Å². The number of fused-ring (bicyclic) bond motifs is 1. The molecule has 56 heavy (non-hydrogen) atoms. The highest BCUT2D eigenvalue weighted by Crippen LogP contribution is 2.26. The highest BCUT2D eigenvalue weighted by molar-refractivity contribution is 6.38. The molecule has 302 valence electrons. The van der Waals surface area contributed by atoms with E-state index in [0.717, 1.165) is 30.4 Å². The summed E-state index contributed by atoms with van der Waals surface area (Å²) in [5.74, 6) is -4.93. The Balaban J connectivity index is 1.34. The number of benzene rings is 1. The zero-order valence-electron chi connectivity index (χ0n) is 32.8. The first kappa shape index (κ1) is 41.7. The predicted octanol–water partition coefficient (Wildman–Crippen LogP) is 2.06. The number of hydrogen-bond acceptors (Lipinski definition) is 10. The first-order valence-corrected chi connectivity index (χ1v) is 19.6. The molecule has 4 N–H and O–H groups in total. The Morgan fingerprint density at radius 3 is 2.25 bits per heavy atom. The molecular weight excluding hydrogens is 720 g/mol. The van der Waals surface area contributed by atoms with Crippen LogP contribution in [-0.4, -0.2) is 111 Å². The Bertz CT molecular complexity index is 1770. The van der Waals surface area contributed by atoms with Crippen LogP contribution in [0.15, 0.2) is 42.9 Å². The second-order valence-electron chi connectivity index (χ2n) is 15.5. The lowest BCUT2D eigenvalue weighted by Gasteiger charge is -2.32. The molecule has 16 heteroatoms. The van der Waals surface area contributed by atoms with Crippen LogP contribution in [0, 0.1) is 11.8 Å². The van der Waals surface area contributed by atoms with Crippen LogP contribution >= 0.6 is 0 Å². The number of amides is 6. The molecule has 1 saturated carbocycles. The van der Waals surface area contributed by atoms with Gasteiger partial charge in [0, 0.05) is 37.9 Å². The first-order valence-electron chi connectivity index (χ1n) is 19.6. The molecule has 3 aliphatic rings. The van der Waals surface area contributed by atoms with E-state index in [1.807, 2.05) is 31.2 Å². The number of aromatic nitrogens is 2. The van der Waals surface area contributed by atoms with Crippen molar-refractivity contribution in [2.24, 2.45) is 11.8 Å². The Labute approximate surface area is 327 Å². The third-order valence-electron chi connectivity index (χ3n) is 10.6. The van der Waals surface area contributed by atoms with Crippen molar-refractivity contribution < 1.29 is 38.3 Å². The van der Waals surface area contributed by atoms with Crippen LogP contribution in [-0.2, 0) is 41.7 Å². The molecule has 1 aromatic heterocycles. The van der Waals surface area contributed by atoms with E-state index in [4.69, 9.17) is 4.74 Å². The minimum atomic E-state index is -1.19. The number of likely N-dealkylation sites (tertiary alicyclic amines) is 1. The maximum absolute atomic E-state index is 14.5. The van der Waals surface area contributed by atoms with Gasteiger partial charge in [-0.3, -0.25) is 33.8 Å². The SMILES string of the molecule is CCCC(NC(=O)[C@@H]1C[C@@H](OC(=O)N2CCc3ccccc3C2)CN1C(=O)[C@H](NC(=O)[C@H](NC(=O)c1cnccn1)C(C)C)C(C)C)C(=O)C(=O)NC1CCC1. The van der Waals surface area contributed by atoms with Gasteiger partial charge in [0.2, 0.25) is 23.5 Å². The molecule has 1 unspecified atom stereocenters. The average molecular weight is 775 g/mol. The summed E-state index contributed by atoms with van der Waals surface area (Å²) in [6, 6.07) is 3.23. The Kier molecular flexibility index (Phi) is 14.1. The highest BCUT2D eigenvalue weighted by atomic mass is 16.6. The lowest BCUT2D eigenvalue weighted by atomic mass is 9.92. The molecule has 0 spiro atoms. The summed E-state index contributed by atoms with van der Waals surface area (Å²) in [6.07, 6.45) is 6.37. The van der Waals surface area contributed by atoms with E-state index in [9.17, 15) is 33.6 Å². The molecule has 0 bridgehead atoms. The summed E-state index contributed by atoms with van der Waals surface area (Å²) in [4.78, 5) is 106. The van der Waals surface area contributed by atoms with Gasteiger partial charge in [-0.25, -0.2) is 9.78 Å². The van der Waals surface area contributed by atoms with Crippen molar-refractivity contribution >= 4 is 41.4 Å². The van der Waals surface area contributed by atoms with Crippen molar-refractivity contribution in [2.75, 3.05) is 13.1 Å². The monoisotopic (exact) mass is 774 g/mol. The number of hydrogen-bond donors (Lipinski definition) is 4. The van der Waals surface area contributed by atoms with Gasteiger partial charge in [-0.15, -0.1) is 0 Å². The average Bonchev–Trinajstić information content (AvgIpc) is 3.60. The molecule has 2 fully saturated rings. The molecule has 3 heterocycles. The van der Waals surface area contributed by atoms with Crippen LogP contribution in [0.5, 0.6) is 0 Å². The van der Waals surface area contributed by atoms with Crippen LogP contribution in [0.25, 0.3) is 0 Å². The Morgan fingerprint density at radius 1 is 0.911 bits per heavy atom. The summed E-state index contributed by atoms with van der Waals surface area (Å²) >= 11 is 0. The van der Waals surface area contributed by atoms with Gasteiger partial charge in [-0.05, 0) is 55.1 Å². The summed E-state index contributed by atoms with van der Waals surface area (Å²) < 4.78 is 5.94. The molecule has 1 aromatic carbocycles. The van der Waals surface area contributed by atoms with Gasteiger partial charge in [0.25, 0.3) is 11.8 Å². The van der Waals surface area contributed by atoms with Crippen LogP contribution in [0.3, 0.4) is 0 Å². The topological polar surface area (TPSA) is 209 Å². The highest BCUT2D eigenvalue weighted by Gasteiger charge is 2.46. The van der Waals surface area contributed by atoms with E-state index in [1.54, 1.807) is 32.6 Å². The lowest BCUT2D eigenvalue weighted by Crippen LogP contribution is -2.60. The van der Waals surface area contributed by atoms with E-state index in [0.29, 0.717) is 25.9 Å². The standard InChI is InChI=1S/C40H54N8O8/c1-6-10-29(34(49)38(53)43-27-13-9-14-27)44-36(51)31-19-28(56-40(55)47-18-15-25-11-7-8-12-26(25)21-47)22-48(31)39(54)33(24(4)5)46-37(52)32(23(2)3)45-35(50)30-20-41-16-17-42-30/h7-8,11-12,16-17,20,23-24,27-29,31-33H,6,9-10,13-15,18-19,21-22H2,1-5H3,(H,43,53)(H,44,51)(H,45,50)(H,46,52)/t28-,29?,31+,32-,33-/m1/s1. The molecule has 16 nitrogen and oxygen atoms in total. The third-order valence-corrected chi connectivity index (χ3v) is 10.6. The van der Waals surface area contributed by atoms with Crippen molar-refractivity contribution in [1.29, 1.82) is 0 Å². The lowest BCUT2D eigenvalue weighted by molar-refractivity contribution is -0.144. The normalized spacial score (nSPS) is 19.6. The zero-order chi connectivity index (χ0) is 40.5. The number of ketones is 1. The van der Waals surface area contributed by atoms with Crippen molar-refractivity contribution in [3.8, 4) is 0 Å². The van der Waals surface area contributed by atoms with Crippen LogP contribution in [0.2, 0.25) is 0 Å². The number of carbonyl (C=O) groups excluding carboxylic acids is 7. The number of Topliss-reactive ketones (excluding diaryl/α,β-unsaturated/α-hetero) is 1. The van der Waals surface area contributed by atoms with E-state index in [1.165, 1.54) is 23.5 Å². The van der Waals surface area contributed by atoms with Gasteiger partial charge in [-0.1, -0.05) is 65.3 Å². The smallest absolute Gasteiger partial charge is 0.410 e. The van der Waals surface area contributed by atoms with Crippen molar-refractivity contribution in [3.63, 3.8) is 0 Å². The zero-order valence-corrected chi connectivity index (χ0v) is 32.8. The molecule has 0 radical (unpaired) electrons. The maximum atomic E-state index is 14.5. The minimum absolute atomic E-state index is 0.0167. The largest absolute Gasteiger partial charge is 0.444 e. The number of rotatable bonds is 15. The van der Waals surface area contributed by atoms with Crippen LogP contribution in [0.1, 0.15) is 94.8 Å². The molecule has 2 aliphatic heterocycles. The van der Waals surface area contributed by atoms with E-state index in [-0.39, 0.29) is 37.0 Å². The number of nitrogens with zero attached hydrogens (tertiary/aromatic N) is 4. The summed E-state index contributed by atoms with van der Waals surface area (Å²) in [5, 5.41) is 10.9. The molecular formula is C40H54N8O8. The fourth-order valence-electron chi connectivity index (χ4n) is 7.14. The summed E-state index contributed by atoms with van der Waals surface area (Å²) in [5.41, 5.74) is 2.17. The minimum Gasteiger partial charge on any atom is -0.444 e. The molecule has 6 amide bonds. The van der Waals surface area contributed by atoms with E-state index < -0.39 is 77.6 Å². The Morgan fingerprint density at radius 2 is 1.62 bits per heavy atom. The van der Waals surface area contributed by atoms with Crippen molar-refractivity contribution in [1.82, 2.24) is 41.0 Å². The summed E-state index contributed by atoms with van der Waals surface area (Å²) in [7, 11) is 0. The second-order valence-corrected chi connectivity index (χ2v) is 15.5. The molecule has 5 atom stereocenters. The van der Waals surface area contributed by atoms with E-state index >= 15 is 0 Å². The molecule has 5 rings (SSSR count). The first-order chi connectivity index (χ1) is 26.8. The maximum Gasteiger partial charge on any atom is 0.410 e. The molecule has 2 aromatic rings. The van der Waals surface area contributed by atoms with Gasteiger partial charge in [0.1, 0.15) is 29.9 Å². The van der Waals surface area contributed by atoms with Crippen LogP contribution < -0.4 is 21.3 Å². The predicted molar refractivity (Wildman–Crippen MR) is 203 cm³/mol. The molecule has 1 saturated heterocycles. The Hall–Kier alpha value is -5.41. The summed E-state index contributed by atoms with van der Waals surface area (Å²) in [6.45, 7) is 9.42. The number of carbonyl (C=O) groups is 7. The fraction of sp³-hybridized carbons (Fsp3) is 0.575. The van der Waals surface area contributed by atoms with Gasteiger partial charge in [0.05, 0.1) is 18.8 Å². The number of ether oxygens (including phenoxy) is 1. The molecule has 1 aliphatic carbocycles. The third kappa shape index (κ3) is 10.3. The van der Waals surface area contributed by atoms with E-state index in [2.05, 4.69) is 31.2 Å². The van der Waals surface area contributed by atoms with Gasteiger partial charge in [-0.2, -0.15) is 0 Å². The van der Waals surface area contributed by atoms with Crippen molar-refractivity contribution in [2.45, 2.75) is 122 Å². The van der Waals surface area contributed by atoms with Gasteiger partial charge < -0.3 is 35.8 Å². The number of nitrogens with one attached hydrogen (secondary N) is 4.